The number of anilines is 1. The zero-order valence-electron chi connectivity index (χ0n) is 12.8. The van der Waals surface area contributed by atoms with Gasteiger partial charge in [-0.15, -0.1) is 0 Å². The summed E-state index contributed by atoms with van der Waals surface area (Å²) in [6.45, 7) is 3.15. The van der Waals surface area contributed by atoms with E-state index in [2.05, 4.69) is 5.32 Å². The second-order valence-corrected chi connectivity index (χ2v) is 6.31. The lowest BCUT2D eigenvalue weighted by atomic mass is 9.92. The minimum atomic E-state index is -0.380. The quantitative estimate of drug-likeness (QED) is 0.875. The summed E-state index contributed by atoms with van der Waals surface area (Å²) < 4.78 is 0. The number of carbonyl (C=O) groups excluding carboxylic acids is 2. The Bertz CT molecular complexity index is 598. The lowest BCUT2D eigenvalue weighted by molar-refractivity contribution is -0.116. The first-order chi connectivity index (χ1) is 10.5. The molecule has 2 heterocycles. The van der Waals surface area contributed by atoms with Gasteiger partial charge in [0.2, 0.25) is 5.91 Å². The fourth-order valence-corrected chi connectivity index (χ4v) is 3.29. The number of likely N-dealkylation sites (tertiary alicyclic amines) is 1. The highest BCUT2D eigenvalue weighted by Crippen LogP contribution is 2.26. The van der Waals surface area contributed by atoms with Crippen molar-refractivity contribution in [3.63, 3.8) is 0 Å². The summed E-state index contributed by atoms with van der Waals surface area (Å²) in [6, 6.07) is 5.48. The van der Waals surface area contributed by atoms with Gasteiger partial charge in [-0.05, 0) is 49.9 Å². The van der Waals surface area contributed by atoms with Crippen molar-refractivity contribution in [3.05, 3.63) is 29.3 Å². The summed E-state index contributed by atoms with van der Waals surface area (Å²) in [5.41, 5.74) is 2.50. The molecule has 1 aromatic rings. The van der Waals surface area contributed by atoms with Gasteiger partial charge in [0.15, 0.2) is 0 Å². The number of carbonyl (C=O) groups is 2. The monoisotopic (exact) mass is 302 g/mol. The van der Waals surface area contributed by atoms with Crippen LogP contribution in [0.5, 0.6) is 0 Å². The van der Waals surface area contributed by atoms with Crippen molar-refractivity contribution in [3.8, 4) is 0 Å². The van der Waals surface area contributed by atoms with Crippen LogP contribution in [-0.2, 0) is 11.2 Å². The number of nitrogens with one attached hydrogen (secondary N) is 1. The molecule has 5 nitrogen and oxygen atoms in total. The van der Waals surface area contributed by atoms with E-state index in [-0.39, 0.29) is 23.8 Å². The Hall–Kier alpha value is -1.88. The maximum atomic E-state index is 12.7. The molecule has 3 rings (SSSR count). The van der Waals surface area contributed by atoms with E-state index in [0.29, 0.717) is 24.9 Å². The SMILES string of the molecule is CC(O)C1CCCN(C(=O)c2ccc3c(c2)CCC(=O)N3)C1. The zero-order chi connectivity index (χ0) is 15.7. The average Bonchev–Trinajstić information content (AvgIpc) is 2.53. The maximum absolute atomic E-state index is 12.7. The molecule has 0 bridgehead atoms. The fraction of sp³-hybridized carbons (Fsp3) is 0.529. The van der Waals surface area contributed by atoms with Gasteiger partial charge in [-0.1, -0.05) is 0 Å². The second-order valence-electron chi connectivity index (χ2n) is 6.31. The number of nitrogens with zero attached hydrogens (tertiary/aromatic N) is 1. The van der Waals surface area contributed by atoms with Gasteiger partial charge < -0.3 is 15.3 Å². The molecule has 2 amide bonds. The van der Waals surface area contributed by atoms with Crippen molar-refractivity contribution in [2.45, 2.75) is 38.7 Å². The number of benzene rings is 1. The van der Waals surface area contributed by atoms with E-state index >= 15 is 0 Å². The summed E-state index contributed by atoms with van der Waals surface area (Å²) >= 11 is 0. The second kappa shape index (κ2) is 6.08. The van der Waals surface area contributed by atoms with Crippen molar-refractivity contribution in [2.75, 3.05) is 18.4 Å². The molecule has 0 radical (unpaired) electrons. The summed E-state index contributed by atoms with van der Waals surface area (Å²) in [7, 11) is 0. The van der Waals surface area contributed by atoms with E-state index in [1.54, 1.807) is 13.0 Å². The van der Waals surface area contributed by atoms with E-state index in [9.17, 15) is 14.7 Å². The number of rotatable bonds is 2. The highest BCUT2D eigenvalue weighted by atomic mass is 16.3. The van der Waals surface area contributed by atoms with E-state index < -0.39 is 0 Å². The molecule has 1 aromatic carbocycles. The summed E-state index contributed by atoms with van der Waals surface area (Å²) in [5, 5.41) is 12.6. The Morgan fingerprint density at radius 2 is 2.23 bits per heavy atom. The van der Waals surface area contributed by atoms with Crippen LogP contribution in [0.1, 0.15) is 42.1 Å². The Morgan fingerprint density at radius 3 is 3.00 bits per heavy atom. The van der Waals surface area contributed by atoms with Gasteiger partial charge in [-0.25, -0.2) is 0 Å². The van der Waals surface area contributed by atoms with Crippen LogP contribution >= 0.6 is 0 Å². The number of aliphatic hydroxyl groups excluding tert-OH is 1. The highest BCUT2D eigenvalue weighted by Gasteiger charge is 2.27. The van der Waals surface area contributed by atoms with Crippen LogP contribution in [0, 0.1) is 5.92 Å². The maximum Gasteiger partial charge on any atom is 0.253 e. The van der Waals surface area contributed by atoms with Crippen LogP contribution in [0.25, 0.3) is 0 Å². The molecule has 1 saturated heterocycles. The van der Waals surface area contributed by atoms with Crippen LogP contribution in [0.4, 0.5) is 5.69 Å². The third-order valence-corrected chi connectivity index (χ3v) is 4.67. The predicted octanol–water partition coefficient (Wildman–Crippen LogP) is 1.80. The van der Waals surface area contributed by atoms with Gasteiger partial charge in [0.1, 0.15) is 0 Å². The number of amides is 2. The molecule has 0 saturated carbocycles. The van der Waals surface area contributed by atoms with Crippen LogP contribution in [0.15, 0.2) is 18.2 Å². The van der Waals surface area contributed by atoms with Gasteiger partial charge in [0.05, 0.1) is 6.10 Å². The predicted molar refractivity (Wildman–Crippen MR) is 83.7 cm³/mol. The van der Waals surface area contributed by atoms with Gasteiger partial charge in [0, 0.05) is 36.7 Å². The van der Waals surface area contributed by atoms with E-state index in [0.717, 1.165) is 30.6 Å². The van der Waals surface area contributed by atoms with Crippen LogP contribution in [0.2, 0.25) is 0 Å². The molecule has 0 aromatic heterocycles. The smallest absolute Gasteiger partial charge is 0.253 e. The van der Waals surface area contributed by atoms with E-state index in [1.807, 2.05) is 17.0 Å². The Balaban J connectivity index is 1.76. The Labute approximate surface area is 130 Å². The molecule has 0 spiro atoms. The molecule has 1 fully saturated rings. The molecular formula is C17H22N2O3. The van der Waals surface area contributed by atoms with Gasteiger partial charge in [-0.2, -0.15) is 0 Å². The molecular weight excluding hydrogens is 280 g/mol. The number of aryl methyl sites for hydroxylation is 1. The highest BCUT2D eigenvalue weighted by molar-refractivity contribution is 5.98. The molecule has 2 N–H and O–H groups in total. The third kappa shape index (κ3) is 2.99. The average molecular weight is 302 g/mol. The van der Waals surface area contributed by atoms with Crippen molar-refractivity contribution in [1.82, 2.24) is 4.90 Å². The van der Waals surface area contributed by atoms with Crippen molar-refractivity contribution in [1.29, 1.82) is 0 Å². The molecule has 2 aliphatic rings. The standard InChI is InChI=1S/C17H22N2O3/c1-11(20)14-3-2-8-19(10-14)17(22)13-4-6-15-12(9-13)5-7-16(21)18-15/h4,6,9,11,14,20H,2-3,5,7-8,10H2,1H3,(H,18,21). The summed E-state index contributed by atoms with van der Waals surface area (Å²) in [6.07, 6.45) is 2.67. The van der Waals surface area contributed by atoms with Crippen LogP contribution < -0.4 is 5.32 Å². The van der Waals surface area contributed by atoms with Gasteiger partial charge in [0.25, 0.3) is 5.91 Å². The normalized spacial score (nSPS) is 22.7. The molecule has 2 aliphatic heterocycles. The largest absolute Gasteiger partial charge is 0.393 e. The molecule has 2 unspecified atom stereocenters. The molecule has 118 valence electrons. The third-order valence-electron chi connectivity index (χ3n) is 4.67. The first-order valence-corrected chi connectivity index (χ1v) is 7.94. The zero-order valence-corrected chi connectivity index (χ0v) is 12.8. The molecule has 22 heavy (non-hydrogen) atoms. The first-order valence-electron chi connectivity index (χ1n) is 7.94. The Morgan fingerprint density at radius 1 is 1.41 bits per heavy atom. The number of aliphatic hydroxyl groups is 1. The van der Waals surface area contributed by atoms with E-state index in [4.69, 9.17) is 0 Å². The van der Waals surface area contributed by atoms with Crippen LogP contribution in [-0.4, -0.2) is 41.0 Å². The van der Waals surface area contributed by atoms with Crippen LogP contribution in [0.3, 0.4) is 0 Å². The Kier molecular flexibility index (Phi) is 4.16. The fourth-order valence-electron chi connectivity index (χ4n) is 3.29. The lowest BCUT2D eigenvalue weighted by Crippen LogP contribution is -2.43. The molecule has 5 heteroatoms. The molecule has 0 aliphatic carbocycles. The van der Waals surface area contributed by atoms with Crippen molar-refractivity contribution in [2.24, 2.45) is 5.92 Å². The van der Waals surface area contributed by atoms with E-state index in [1.165, 1.54) is 0 Å². The molecule has 2 atom stereocenters. The van der Waals surface area contributed by atoms with Crippen molar-refractivity contribution < 1.29 is 14.7 Å². The lowest BCUT2D eigenvalue weighted by Gasteiger charge is -2.34. The van der Waals surface area contributed by atoms with Crippen molar-refractivity contribution >= 4 is 17.5 Å². The minimum Gasteiger partial charge on any atom is -0.393 e. The van der Waals surface area contributed by atoms with Gasteiger partial charge >= 0.3 is 0 Å². The number of hydrogen-bond donors (Lipinski definition) is 2. The van der Waals surface area contributed by atoms with Gasteiger partial charge in [-0.3, -0.25) is 9.59 Å². The first kappa shape index (κ1) is 15.0. The topological polar surface area (TPSA) is 69.6 Å². The number of piperidine rings is 1. The summed E-state index contributed by atoms with van der Waals surface area (Å²) in [5.74, 6) is 0.210. The number of hydrogen-bond acceptors (Lipinski definition) is 3. The number of fused-ring (bicyclic) bond motifs is 1. The minimum absolute atomic E-state index is 0.0186. The summed E-state index contributed by atoms with van der Waals surface area (Å²) in [4.78, 5) is 25.9.